The molecule has 0 bridgehead atoms. The highest BCUT2D eigenvalue weighted by molar-refractivity contribution is 5.79. The number of benzene rings is 2. The Kier molecular flexibility index (Phi) is 2.69. The van der Waals surface area contributed by atoms with Crippen LogP contribution in [0.2, 0.25) is 0 Å². The summed E-state index contributed by atoms with van der Waals surface area (Å²) in [4.78, 5) is 23.4. The van der Waals surface area contributed by atoms with E-state index in [-0.39, 0.29) is 5.56 Å². The van der Waals surface area contributed by atoms with Crippen LogP contribution in [-0.4, -0.2) is 15.0 Å². The molecule has 2 aromatic heterocycles. The van der Waals surface area contributed by atoms with Crippen LogP contribution in [0.5, 0.6) is 0 Å². The van der Waals surface area contributed by atoms with Gasteiger partial charge in [-0.15, -0.1) is 0 Å². The predicted molar refractivity (Wildman–Crippen MR) is 84.4 cm³/mol. The number of aromatic nitrogens is 3. The molecule has 6 nitrogen and oxygen atoms in total. The Morgan fingerprint density at radius 1 is 1.09 bits per heavy atom. The second-order valence-corrected chi connectivity index (χ2v) is 5.05. The molecule has 2 heterocycles. The molecule has 0 spiro atoms. The first-order valence-corrected chi connectivity index (χ1v) is 6.82. The molecule has 2 aromatic carbocycles. The molecule has 0 amide bonds. The number of nitrogens with zero attached hydrogens (tertiary/aromatic N) is 2. The zero-order valence-electron chi connectivity index (χ0n) is 11.8. The van der Waals surface area contributed by atoms with E-state index in [0.717, 1.165) is 11.1 Å². The number of H-pyrrole nitrogens is 1. The number of nitrogens with one attached hydrogen (secondary N) is 2. The Morgan fingerprint density at radius 3 is 2.86 bits per heavy atom. The van der Waals surface area contributed by atoms with Gasteiger partial charge in [0.25, 0.3) is 5.56 Å². The number of rotatable bonds is 2. The molecule has 0 aliphatic rings. The maximum absolute atomic E-state index is 12.0. The lowest BCUT2D eigenvalue weighted by Gasteiger charge is -2.02. The molecule has 22 heavy (non-hydrogen) atoms. The molecular formula is C16H12N4O2. The van der Waals surface area contributed by atoms with Gasteiger partial charge in [-0.05, 0) is 36.8 Å². The molecular weight excluding hydrogens is 280 g/mol. The fourth-order valence-corrected chi connectivity index (χ4v) is 2.34. The summed E-state index contributed by atoms with van der Waals surface area (Å²) in [6, 6.07) is 13.2. The Morgan fingerprint density at radius 2 is 1.95 bits per heavy atom. The topological polar surface area (TPSA) is 83.8 Å². The number of hydrogen-bond donors (Lipinski definition) is 2. The average Bonchev–Trinajstić information content (AvgIpc) is 2.88. The van der Waals surface area contributed by atoms with Crippen molar-refractivity contribution in [2.45, 2.75) is 6.92 Å². The van der Waals surface area contributed by atoms with Gasteiger partial charge in [0.1, 0.15) is 5.52 Å². The van der Waals surface area contributed by atoms with Gasteiger partial charge in [-0.3, -0.25) is 15.1 Å². The van der Waals surface area contributed by atoms with E-state index in [4.69, 9.17) is 4.42 Å². The fraction of sp³-hybridized carbons (Fsp3) is 0.0625. The Balaban J connectivity index is 1.77. The first kappa shape index (κ1) is 12.6. The van der Waals surface area contributed by atoms with E-state index in [2.05, 4.69) is 20.3 Å². The average molecular weight is 292 g/mol. The summed E-state index contributed by atoms with van der Waals surface area (Å²) < 4.78 is 5.59. The highest BCUT2D eigenvalue weighted by Crippen LogP contribution is 2.21. The summed E-state index contributed by atoms with van der Waals surface area (Å²) in [7, 11) is 0. The molecule has 0 aliphatic heterocycles. The monoisotopic (exact) mass is 292 g/mol. The molecule has 0 aliphatic carbocycles. The largest absolute Gasteiger partial charge is 0.423 e. The molecule has 0 fully saturated rings. The SMILES string of the molecule is Cc1ccc2oc(Nc3nc4ccccc4c(=O)[nH]3)nc2c1. The summed E-state index contributed by atoms with van der Waals surface area (Å²) in [6.45, 7) is 1.99. The third-order valence-corrected chi connectivity index (χ3v) is 3.38. The number of anilines is 2. The van der Waals surface area contributed by atoms with Crippen molar-refractivity contribution in [2.24, 2.45) is 0 Å². The molecule has 0 atom stereocenters. The number of aryl methyl sites for hydroxylation is 1. The minimum atomic E-state index is -0.208. The van der Waals surface area contributed by atoms with Crippen LogP contribution in [0.25, 0.3) is 22.0 Å². The van der Waals surface area contributed by atoms with Gasteiger partial charge in [0.2, 0.25) is 5.95 Å². The number of oxazole rings is 1. The van der Waals surface area contributed by atoms with Crippen LogP contribution in [0.4, 0.5) is 12.0 Å². The molecule has 2 N–H and O–H groups in total. The smallest absolute Gasteiger partial charge is 0.302 e. The van der Waals surface area contributed by atoms with Crippen molar-refractivity contribution in [1.82, 2.24) is 15.0 Å². The van der Waals surface area contributed by atoms with Crippen molar-refractivity contribution < 1.29 is 4.42 Å². The summed E-state index contributed by atoms with van der Waals surface area (Å²) >= 11 is 0. The normalized spacial score (nSPS) is 11.1. The van der Waals surface area contributed by atoms with Gasteiger partial charge in [0.05, 0.1) is 10.9 Å². The van der Waals surface area contributed by atoms with Crippen LogP contribution in [0.15, 0.2) is 51.7 Å². The summed E-state index contributed by atoms with van der Waals surface area (Å²) in [5.74, 6) is 0.298. The summed E-state index contributed by atoms with van der Waals surface area (Å²) in [5.41, 5.74) is 2.94. The molecule has 6 heteroatoms. The van der Waals surface area contributed by atoms with Crippen molar-refractivity contribution in [2.75, 3.05) is 5.32 Å². The van der Waals surface area contributed by atoms with Crippen LogP contribution in [0.3, 0.4) is 0 Å². The Hall–Kier alpha value is -3.15. The lowest BCUT2D eigenvalue weighted by molar-refractivity contribution is 0.621. The van der Waals surface area contributed by atoms with Crippen LogP contribution >= 0.6 is 0 Å². The van der Waals surface area contributed by atoms with Crippen molar-refractivity contribution >= 4 is 34.0 Å². The van der Waals surface area contributed by atoms with Crippen molar-refractivity contribution in [3.8, 4) is 0 Å². The number of para-hydroxylation sites is 1. The van der Waals surface area contributed by atoms with Crippen LogP contribution in [0, 0.1) is 6.92 Å². The third-order valence-electron chi connectivity index (χ3n) is 3.38. The van der Waals surface area contributed by atoms with Gasteiger partial charge in [-0.25, -0.2) is 4.98 Å². The van der Waals surface area contributed by atoms with E-state index in [0.29, 0.717) is 28.4 Å². The first-order chi connectivity index (χ1) is 10.7. The lowest BCUT2D eigenvalue weighted by atomic mass is 10.2. The summed E-state index contributed by atoms with van der Waals surface area (Å²) in [6.07, 6.45) is 0. The second kappa shape index (κ2) is 4.70. The minimum absolute atomic E-state index is 0.208. The van der Waals surface area contributed by atoms with Crippen molar-refractivity contribution in [3.63, 3.8) is 0 Å². The van der Waals surface area contributed by atoms with Crippen LogP contribution in [0.1, 0.15) is 5.56 Å². The molecule has 4 rings (SSSR count). The Labute approximate surface area is 124 Å². The fourth-order valence-electron chi connectivity index (χ4n) is 2.34. The van der Waals surface area contributed by atoms with Gasteiger partial charge in [-0.2, -0.15) is 4.98 Å². The van der Waals surface area contributed by atoms with Gasteiger partial charge in [0.15, 0.2) is 5.58 Å². The highest BCUT2D eigenvalue weighted by Gasteiger charge is 2.08. The zero-order chi connectivity index (χ0) is 15.1. The van der Waals surface area contributed by atoms with Gasteiger partial charge in [0, 0.05) is 0 Å². The van der Waals surface area contributed by atoms with E-state index in [9.17, 15) is 4.79 Å². The molecule has 0 saturated carbocycles. The lowest BCUT2D eigenvalue weighted by Crippen LogP contribution is -2.11. The van der Waals surface area contributed by atoms with Gasteiger partial charge >= 0.3 is 6.01 Å². The maximum Gasteiger partial charge on any atom is 0.302 e. The highest BCUT2D eigenvalue weighted by atomic mass is 16.4. The van der Waals surface area contributed by atoms with E-state index in [1.165, 1.54) is 0 Å². The number of fused-ring (bicyclic) bond motifs is 2. The number of aromatic amines is 1. The third kappa shape index (κ3) is 2.10. The van der Waals surface area contributed by atoms with Gasteiger partial charge < -0.3 is 4.42 Å². The second-order valence-electron chi connectivity index (χ2n) is 5.05. The van der Waals surface area contributed by atoms with E-state index in [1.54, 1.807) is 18.2 Å². The zero-order valence-corrected chi connectivity index (χ0v) is 11.8. The predicted octanol–water partition coefficient (Wildman–Crippen LogP) is 3.12. The minimum Gasteiger partial charge on any atom is -0.423 e. The van der Waals surface area contributed by atoms with Crippen LogP contribution in [-0.2, 0) is 0 Å². The molecule has 0 saturated heterocycles. The summed E-state index contributed by atoms with van der Waals surface area (Å²) in [5, 5.41) is 3.44. The van der Waals surface area contributed by atoms with E-state index < -0.39 is 0 Å². The molecule has 108 valence electrons. The standard InChI is InChI=1S/C16H12N4O2/c1-9-6-7-13-12(8-9)18-16(22-13)20-15-17-11-5-3-2-4-10(11)14(21)19-15/h2-8H,1H3,(H2,17,18,19,20,21). The van der Waals surface area contributed by atoms with Gasteiger partial charge in [-0.1, -0.05) is 18.2 Å². The van der Waals surface area contributed by atoms with Crippen LogP contribution < -0.4 is 10.9 Å². The molecule has 0 radical (unpaired) electrons. The maximum atomic E-state index is 12.0. The first-order valence-electron chi connectivity index (χ1n) is 6.82. The van der Waals surface area contributed by atoms with Crippen molar-refractivity contribution in [3.05, 3.63) is 58.4 Å². The number of hydrogen-bond acceptors (Lipinski definition) is 5. The van der Waals surface area contributed by atoms with E-state index >= 15 is 0 Å². The molecule has 4 aromatic rings. The quantitative estimate of drug-likeness (QED) is 0.593. The van der Waals surface area contributed by atoms with Crippen molar-refractivity contribution in [1.29, 1.82) is 0 Å². The molecule has 0 unspecified atom stereocenters. The van der Waals surface area contributed by atoms with E-state index in [1.807, 2.05) is 31.2 Å². The Bertz CT molecular complexity index is 1050.